The number of ether oxygens (including phenoxy) is 1. The van der Waals surface area contributed by atoms with E-state index in [0.717, 1.165) is 19.3 Å². The molecule has 1 heterocycles. The Labute approximate surface area is 71.5 Å². The molecule has 0 fully saturated rings. The van der Waals surface area contributed by atoms with Gasteiger partial charge in [-0.1, -0.05) is 19.8 Å². The van der Waals surface area contributed by atoms with E-state index in [1.54, 1.807) is 0 Å². The first kappa shape index (κ1) is 9.03. The van der Waals surface area contributed by atoms with Crippen LogP contribution < -0.4 is 0 Å². The molecule has 0 saturated heterocycles. The fourth-order valence-electron chi connectivity index (χ4n) is 0.890. The topological polar surface area (TPSA) is 47.9 Å². The Hall–Kier alpha value is -1.06. The van der Waals surface area contributed by atoms with E-state index in [0.29, 0.717) is 6.61 Å². The van der Waals surface area contributed by atoms with Gasteiger partial charge in [-0.2, -0.15) is 0 Å². The van der Waals surface area contributed by atoms with Crippen LogP contribution in [0.1, 0.15) is 26.2 Å². The van der Waals surface area contributed by atoms with Gasteiger partial charge in [-0.05, 0) is 11.6 Å². The summed E-state index contributed by atoms with van der Waals surface area (Å²) in [6.07, 6.45) is 3.21. The lowest BCUT2D eigenvalue weighted by molar-refractivity contribution is -0.115. The van der Waals surface area contributed by atoms with E-state index in [9.17, 15) is 4.79 Å². The predicted molar refractivity (Wildman–Crippen MR) is 43.9 cm³/mol. The lowest BCUT2D eigenvalue weighted by Gasteiger charge is -2.00. The fraction of sp³-hybridized carbons (Fsp3) is 0.750. The molecule has 0 aromatic carbocycles. The third-order valence-electron chi connectivity index (χ3n) is 1.57. The number of nitrogens with zero attached hydrogens (tertiary/aromatic N) is 1. The SMILES string of the molecule is CCCCCOC1=NOCC1=O. The second-order valence-electron chi connectivity index (χ2n) is 2.65. The van der Waals surface area contributed by atoms with Crippen LogP contribution in [0, 0.1) is 0 Å². The van der Waals surface area contributed by atoms with Gasteiger partial charge in [0.05, 0.1) is 6.61 Å². The first-order valence-corrected chi connectivity index (χ1v) is 4.20. The summed E-state index contributed by atoms with van der Waals surface area (Å²) in [5.74, 6) is -0.0300. The number of hydrogen-bond acceptors (Lipinski definition) is 4. The number of carbonyl (C=O) groups is 1. The second kappa shape index (κ2) is 4.74. The summed E-state index contributed by atoms with van der Waals surface area (Å²) in [7, 11) is 0. The van der Waals surface area contributed by atoms with Gasteiger partial charge in [-0.15, -0.1) is 0 Å². The highest BCUT2D eigenvalue weighted by Crippen LogP contribution is 2.00. The third kappa shape index (κ3) is 2.53. The molecular weight excluding hydrogens is 158 g/mol. The van der Waals surface area contributed by atoms with E-state index < -0.39 is 0 Å². The molecule has 0 bridgehead atoms. The molecule has 4 heteroatoms. The Morgan fingerprint density at radius 3 is 3.00 bits per heavy atom. The van der Waals surface area contributed by atoms with Gasteiger partial charge in [0.2, 0.25) is 0 Å². The maximum Gasteiger partial charge on any atom is 0.298 e. The quantitative estimate of drug-likeness (QED) is 0.595. The van der Waals surface area contributed by atoms with Gasteiger partial charge in [0.25, 0.3) is 11.7 Å². The summed E-state index contributed by atoms with van der Waals surface area (Å²) in [4.78, 5) is 15.4. The van der Waals surface area contributed by atoms with Crippen LogP contribution in [-0.2, 0) is 14.4 Å². The van der Waals surface area contributed by atoms with Crippen molar-refractivity contribution in [1.82, 2.24) is 0 Å². The highest BCUT2D eigenvalue weighted by Gasteiger charge is 2.20. The number of oxime groups is 1. The van der Waals surface area contributed by atoms with Gasteiger partial charge in [0.1, 0.15) is 0 Å². The van der Waals surface area contributed by atoms with Crippen LogP contribution in [0.5, 0.6) is 0 Å². The summed E-state index contributed by atoms with van der Waals surface area (Å²) >= 11 is 0. The third-order valence-corrected chi connectivity index (χ3v) is 1.57. The number of unbranched alkanes of at least 4 members (excludes halogenated alkanes) is 2. The number of rotatable bonds is 4. The highest BCUT2D eigenvalue weighted by molar-refractivity contribution is 6.37. The minimum absolute atomic E-state index is 0.0309. The Morgan fingerprint density at radius 2 is 2.42 bits per heavy atom. The van der Waals surface area contributed by atoms with Crippen LogP contribution in [0.25, 0.3) is 0 Å². The molecule has 0 aromatic heterocycles. The molecule has 0 saturated carbocycles. The normalized spacial score (nSPS) is 15.8. The van der Waals surface area contributed by atoms with Crippen molar-refractivity contribution < 1.29 is 14.4 Å². The molecule has 0 spiro atoms. The van der Waals surface area contributed by atoms with Gasteiger partial charge >= 0.3 is 0 Å². The summed E-state index contributed by atoms with van der Waals surface area (Å²) in [5, 5.41) is 3.46. The average molecular weight is 171 g/mol. The van der Waals surface area contributed by atoms with E-state index in [1.165, 1.54) is 0 Å². The molecule has 12 heavy (non-hydrogen) atoms. The summed E-state index contributed by atoms with van der Waals surface area (Å²) in [5.41, 5.74) is 0. The van der Waals surface area contributed by atoms with Crippen LogP contribution in [0.2, 0.25) is 0 Å². The van der Waals surface area contributed by atoms with Crippen molar-refractivity contribution in [2.24, 2.45) is 5.16 Å². The fourth-order valence-corrected chi connectivity index (χ4v) is 0.890. The zero-order chi connectivity index (χ0) is 8.81. The Bertz CT molecular complexity index is 189. The number of hydrogen-bond donors (Lipinski definition) is 0. The van der Waals surface area contributed by atoms with Gasteiger partial charge in [0.15, 0.2) is 6.61 Å². The van der Waals surface area contributed by atoms with Crippen LogP contribution in [0.15, 0.2) is 5.16 Å². The van der Waals surface area contributed by atoms with Gasteiger partial charge in [-0.25, -0.2) is 0 Å². The van der Waals surface area contributed by atoms with Crippen molar-refractivity contribution in [3.05, 3.63) is 0 Å². The second-order valence-corrected chi connectivity index (χ2v) is 2.65. The summed E-state index contributed by atoms with van der Waals surface area (Å²) in [6.45, 7) is 2.70. The average Bonchev–Trinajstić information content (AvgIpc) is 2.46. The van der Waals surface area contributed by atoms with Gasteiger partial charge < -0.3 is 9.57 Å². The Morgan fingerprint density at radius 1 is 1.58 bits per heavy atom. The van der Waals surface area contributed by atoms with E-state index in [4.69, 9.17) is 4.74 Å². The van der Waals surface area contributed by atoms with Gasteiger partial charge in [-0.3, -0.25) is 4.79 Å². The van der Waals surface area contributed by atoms with E-state index in [1.807, 2.05) is 0 Å². The van der Waals surface area contributed by atoms with Crippen molar-refractivity contribution in [1.29, 1.82) is 0 Å². The van der Waals surface area contributed by atoms with Crippen molar-refractivity contribution in [2.75, 3.05) is 13.2 Å². The molecule has 0 aliphatic carbocycles. The van der Waals surface area contributed by atoms with E-state index in [-0.39, 0.29) is 18.3 Å². The maximum absolute atomic E-state index is 10.9. The van der Waals surface area contributed by atoms with Crippen molar-refractivity contribution in [3.8, 4) is 0 Å². The number of carbonyl (C=O) groups excluding carboxylic acids is 1. The molecule has 4 nitrogen and oxygen atoms in total. The van der Waals surface area contributed by atoms with Crippen LogP contribution in [-0.4, -0.2) is 24.9 Å². The minimum atomic E-state index is -0.161. The molecule has 0 radical (unpaired) electrons. The first-order valence-electron chi connectivity index (χ1n) is 4.20. The number of ketones is 1. The summed E-state index contributed by atoms with van der Waals surface area (Å²) < 4.78 is 5.09. The molecule has 0 N–H and O–H groups in total. The Kier molecular flexibility index (Phi) is 3.57. The molecule has 0 aromatic rings. The molecule has 68 valence electrons. The van der Waals surface area contributed by atoms with Crippen molar-refractivity contribution >= 4 is 11.7 Å². The van der Waals surface area contributed by atoms with Crippen LogP contribution in [0.4, 0.5) is 0 Å². The molecule has 0 unspecified atom stereocenters. The minimum Gasteiger partial charge on any atom is -0.473 e. The monoisotopic (exact) mass is 171 g/mol. The zero-order valence-electron chi connectivity index (χ0n) is 7.21. The zero-order valence-corrected chi connectivity index (χ0v) is 7.21. The van der Waals surface area contributed by atoms with Crippen molar-refractivity contribution in [3.63, 3.8) is 0 Å². The molecule has 0 atom stereocenters. The van der Waals surface area contributed by atoms with Crippen LogP contribution in [0.3, 0.4) is 0 Å². The standard InChI is InChI=1S/C8H13NO3/c1-2-3-4-5-11-8-7(10)6-12-9-8/h2-6H2,1H3. The van der Waals surface area contributed by atoms with E-state index >= 15 is 0 Å². The summed E-state index contributed by atoms with van der Waals surface area (Å²) in [6, 6.07) is 0. The molecular formula is C8H13NO3. The van der Waals surface area contributed by atoms with Gasteiger partial charge in [0, 0.05) is 0 Å². The molecule has 1 aliphatic heterocycles. The number of Topliss-reactive ketones (excluding diaryl/α,β-unsaturated/α-hetero) is 1. The predicted octanol–water partition coefficient (Wildman–Crippen LogP) is 1.11. The maximum atomic E-state index is 10.9. The molecule has 1 aliphatic rings. The lowest BCUT2D eigenvalue weighted by Crippen LogP contribution is -2.15. The van der Waals surface area contributed by atoms with Crippen molar-refractivity contribution in [2.45, 2.75) is 26.2 Å². The highest BCUT2D eigenvalue weighted by atomic mass is 16.7. The molecule has 1 rings (SSSR count). The largest absolute Gasteiger partial charge is 0.473 e. The van der Waals surface area contributed by atoms with Crippen LogP contribution >= 0.6 is 0 Å². The lowest BCUT2D eigenvalue weighted by atomic mass is 10.3. The van der Waals surface area contributed by atoms with E-state index in [2.05, 4.69) is 16.9 Å². The Balaban J connectivity index is 2.10. The smallest absolute Gasteiger partial charge is 0.298 e. The first-order chi connectivity index (χ1) is 5.84. The molecule has 0 amide bonds.